The first-order chi connectivity index (χ1) is 12.7. The van der Waals surface area contributed by atoms with Gasteiger partial charge in [-0.05, 0) is 42.8 Å². The summed E-state index contributed by atoms with van der Waals surface area (Å²) < 4.78 is 1.76. The minimum atomic E-state index is -0.182. The number of amides is 1. The number of aromatic amines is 1. The normalized spacial score (nSPS) is 10.7. The van der Waals surface area contributed by atoms with Crippen molar-refractivity contribution in [3.8, 4) is 16.9 Å². The zero-order chi connectivity index (χ0) is 17.9. The Labute approximate surface area is 150 Å². The summed E-state index contributed by atoms with van der Waals surface area (Å²) in [4.78, 5) is 12.6. The number of para-hydroxylation sites is 1. The number of rotatable bonds is 4. The summed E-state index contributed by atoms with van der Waals surface area (Å²) in [5, 5.41) is 14.1. The molecule has 0 unspecified atom stereocenters. The van der Waals surface area contributed by atoms with Crippen LogP contribution in [0, 0.1) is 6.92 Å². The summed E-state index contributed by atoms with van der Waals surface area (Å²) in [6.45, 7) is 1.89. The molecule has 0 atom stereocenters. The molecular weight excluding hydrogens is 326 g/mol. The number of carbonyl (C=O) groups is 1. The molecule has 0 saturated carbocycles. The fraction of sp³-hybridized carbons (Fsp3) is 0.0500. The molecule has 0 saturated heterocycles. The highest BCUT2D eigenvalue weighted by atomic mass is 16.1. The number of anilines is 1. The van der Waals surface area contributed by atoms with Crippen molar-refractivity contribution >= 4 is 11.6 Å². The average Bonchev–Trinajstić information content (AvgIpc) is 3.33. The standard InChI is InChI=1S/C20H17N5O/c1-14-18(13-22-25(14)17-5-3-2-4-6-17)20(26)23-16-9-7-15(8-10-16)19-11-12-21-24-19/h2-13H,1H3,(H,21,24)(H,23,26). The summed E-state index contributed by atoms with van der Waals surface area (Å²) in [7, 11) is 0. The fourth-order valence-electron chi connectivity index (χ4n) is 2.81. The molecule has 0 spiro atoms. The van der Waals surface area contributed by atoms with Gasteiger partial charge in [-0.3, -0.25) is 9.89 Å². The predicted molar refractivity (Wildman–Crippen MR) is 100 cm³/mol. The van der Waals surface area contributed by atoms with Gasteiger partial charge in [0.2, 0.25) is 0 Å². The maximum absolute atomic E-state index is 12.6. The highest BCUT2D eigenvalue weighted by molar-refractivity contribution is 6.05. The van der Waals surface area contributed by atoms with Gasteiger partial charge in [-0.25, -0.2) is 4.68 Å². The molecule has 6 heteroatoms. The highest BCUT2D eigenvalue weighted by Crippen LogP contribution is 2.20. The van der Waals surface area contributed by atoms with Crippen molar-refractivity contribution in [1.29, 1.82) is 0 Å². The second kappa shape index (κ2) is 6.68. The van der Waals surface area contributed by atoms with Gasteiger partial charge in [0.05, 0.1) is 28.8 Å². The van der Waals surface area contributed by atoms with Crippen molar-refractivity contribution < 1.29 is 4.79 Å². The smallest absolute Gasteiger partial charge is 0.259 e. The molecule has 2 N–H and O–H groups in total. The molecule has 0 aliphatic rings. The molecule has 0 bridgehead atoms. The first kappa shape index (κ1) is 15.8. The SMILES string of the molecule is Cc1c(C(=O)Nc2ccc(-c3ccn[nH]3)cc2)cnn1-c1ccccc1. The van der Waals surface area contributed by atoms with E-state index in [-0.39, 0.29) is 5.91 Å². The Bertz CT molecular complexity index is 1020. The maximum atomic E-state index is 12.6. The van der Waals surface area contributed by atoms with Crippen LogP contribution in [0.1, 0.15) is 16.1 Å². The van der Waals surface area contributed by atoms with Gasteiger partial charge in [-0.2, -0.15) is 10.2 Å². The number of H-pyrrole nitrogens is 1. The van der Waals surface area contributed by atoms with E-state index < -0.39 is 0 Å². The summed E-state index contributed by atoms with van der Waals surface area (Å²) in [6, 6.07) is 19.2. The van der Waals surface area contributed by atoms with Crippen molar-refractivity contribution in [1.82, 2.24) is 20.0 Å². The van der Waals surface area contributed by atoms with Crippen LogP contribution in [0.3, 0.4) is 0 Å². The van der Waals surface area contributed by atoms with Crippen LogP contribution in [-0.4, -0.2) is 25.9 Å². The van der Waals surface area contributed by atoms with Crippen molar-refractivity contribution in [3.63, 3.8) is 0 Å². The molecular formula is C20H17N5O. The Morgan fingerprint density at radius 3 is 2.50 bits per heavy atom. The average molecular weight is 343 g/mol. The first-order valence-electron chi connectivity index (χ1n) is 8.23. The Morgan fingerprint density at radius 1 is 1.04 bits per heavy atom. The molecule has 2 aromatic carbocycles. The molecule has 0 aliphatic carbocycles. The predicted octanol–water partition coefficient (Wildman–Crippen LogP) is 3.82. The molecule has 26 heavy (non-hydrogen) atoms. The molecule has 0 radical (unpaired) electrons. The summed E-state index contributed by atoms with van der Waals surface area (Å²) in [5.74, 6) is -0.182. The van der Waals surface area contributed by atoms with Crippen LogP contribution in [0.25, 0.3) is 16.9 Å². The van der Waals surface area contributed by atoms with Gasteiger partial charge >= 0.3 is 0 Å². The molecule has 4 rings (SSSR count). The van der Waals surface area contributed by atoms with Gasteiger partial charge in [0.15, 0.2) is 0 Å². The molecule has 0 fully saturated rings. The Balaban J connectivity index is 1.53. The second-order valence-corrected chi connectivity index (χ2v) is 5.89. The van der Waals surface area contributed by atoms with Gasteiger partial charge in [0.25, 0.3) is 5.91 Å². The van der Waals surface area contributed by atoms with E-state index in [1.807, 2.05) is 67.6 Å². The quantitative estimate of drug-likeness (QED) is 0.591. The topological polar surface area (TPSA) is 75.6 Å². The van der Waals surface area contributed by atoms with E-state index in [1.165, 1.54) is 0 Å². The van der Waals surface area contributed by atoms with Crippen LogP contribution in [0.4, 0.5) is 5.69 Å². The van der Waals surface area contributed by atoms with E-state index in [9.17, 15) is 4.79 Å². The summed E-state index contributed by atoms with van der Waals surface area (Å²) >= 11 is 0. The number of aromatic nitrogens is 4. The van der Waals surface area contributed by atoms with Gasteiger partial charge in [0.1, 0.15) is 0 Å². The van der Waals surface area contributed by atoms with Crippen molar-refractivity contribution in [3.05, 3.63) is 84.3 Å². The zero-order valence-electron chi connectivity index (χ0n) is 14.2. The number of benzene rings is 2. The third-order valence-electron chi connectivity index (χ3n) is 4.21. The molecule has 6 nitrogen and oxygen atoms in total. The lowest BCUT2D eigenvalue weighted by Crippen LogP contribution is -2.13. The lowest BCUT2D eigenvalue weighted by Gasteiger charge is -2.07. The van der Waals surface area contributed by atoms with Gasteiger partial charge in [-0.1, -0.05) is 30.3 Å². The van der Waals surface area contributed by atoms with Crippen molar-refractivity contribution in [2.24, 2.45) is 0 Å². The highest BCUT2D eigenvalue weighted by Gasteiger charge is 2.15. The lowest BCUT2D eigenvalue weighted by atomic mass is 10.1. The number of nitrogens with one attached hydrogen (secondary N) is 2. The van der Waals surface area contributed by atoms with E-state index in [0.717, 1.165) is 28.3 Å². The van der Waals surface area contributed by atoms with Gasteiger partial charge in [0, 0.05) is 11.9 Å². The van der Waals surface area contributed by atoms with E-state index in [1.54, 1.807) is 17.1 Å². The number of nitrogens with zero attached hydrogens (tertiary/aromatic N) is 3. The third kappa shape index (κ3) is 3.00. The lowest BCUT2D eigenvalue weighted by molar-refractivity contribution is 0.102. The minimum absolute atomic E-state index is 0.182. The van der Waals surface area contributed by atoms with Crippen LogP contribution in [0.15, 0.2) is 73.1 Å². The van der Waals surface area contributed by atoms with E-state index >= 15 is 0 Å². The summed E-state index contributed by atoms with van der Waals surface area (Å²) in [6.07, 6.45) is 3.30. The number of hydrogen-bond donors (Lipinski definition) is 2. The van der Waals surface area contributed by atoms with Crippen molar-refractivity contribution in [2.75, 3.05) is 5.32 Å². The van der Waals surface area contributed by atoms with Crippen LogP contribution in [0.5, 0.6) is 0 Å². The second-order valence-electron chi connectivity index (χ2n) is 5.89. The minimum Gasteiger partial charge on any atom is -0.322 e. The zero-order valence-corrected chi connectivity index (χ0v) is 14.2. The molecule has 0 aliphatic heterocycles. The largest absolute Gasteiger partial charge is 0.322 e. The fourth-order valence-corrected chi connectivity index (χ4v) is 2.81. The van der Waals surface area contributed by atoms with Gasteiger partial charge < -0.3 is 5.32 Å². The number of hydrogen-bond acceptors (Lipinski definition) is 3. The van der Waals surface area contributed by atoms with Crippen molar-refractivity contribution in [2.45, 2.75) is 6.92 Å². The van der Waals surface area contributed by atoms with E-state index in [4.69, 9.17) is 0 Å². The van der Waals surface area contributed by atoms with Gasteiger partial charge in [-0.15, -0.1) is 0 Å². The van der Waals surface area contributed by atoms with E-state index in [0.29, 0.717) is 5.56 Å². The Hall–Kier alpha value is -3.67. The Morgan fingerprint density at radius 2 is 1.81 bits per heavy atom. The van der Waals surface area contributed by atoms with Crippen LogP contribution in [0.2, 0.25) is 0 Å². The Kier molecular flexibility index (Phi) is 4.07. The number of carbonyl (C=O) groups excluding carboxylic acids is 1. The molecule has 4 aromatic rings. The molecule has 2 aromatic heterocycles. The molecule has 128 valence electrons. The first-order valence-corrected chi connectivity index (χ1v) is 8.23. The van der Waals surface area contributed by atoms with Crippen LogP contribution in [-0.2, 0) is 0 Å². The summed E-state index contributed by atoms with van der Waals surface area (Å²) in [5.41, 5.74) is 4.93. The maximum Gasteiger partial charge on any atom is 0.259 e. The molecule has 2 heterocycles. The van der Waals surface area contributed by atoms with E-state index in [2.05, 4.69) is 20.6 Å². The molecule has 1 amide bonds. The monoisotopic (exact) mass is 343 g/mol. The third-order valence-corrected chi connectivity index (χ3v) is 4.21. The van der Waals surface area contributed by atoms with Crippen LogP contribution < -0.4 is 5.32 Å². The van der Waals surface area contributed by atoms with Crippen LogP contribution >= 0.6 is 0 Å².